The van der Waals surface area contributed by atoms with E-state index in [4.69, 9.17) is 9.05 Å². The summed E-state index contributed by atoms with van der Waals surface area (Å²) in [6.07, 6.45) is 39.2. The molecule has 0 bridgehead atoms. The number of quaternary nitrogens is 1. The minimum absolute atomic E-state index is 0.0542. The number of nitrogens with one attached hydrogen (secondary N) is 1. The van der Waals surface area contributed by atoms with Gasteiger partial charge in [-0.15, -0.1) is 0 Å². The number of hydrogen-bond acceptors (Lipinski definition) is 5. The van der Waals surface area contributed by atoms with E-state index >= 15 is 0 Å². The number of amides is 1. The minimum Gasteiger partial charge on any atom is -0.387 e. The maximum absolute atomic E-state index is 12.8. The molecule has 3 N–H and O–H groups in total. The monoisotopic (exact) mass is 728 g/mol. The van der Waals surface area contributed by atoms with Gasteiger partial charge in [-0.2, -0.15) is 0 Å². The molecule has 0 aliphatic rings. The lowest BCUT2D eigenvalue weighted by atomic mass is 10.0. The molecule has 0 aliphatic carbocycles. The minimum atomic E-state index is -4.34. The van der Waals surface area contributed by atoms with E-state index in [0.29, 0.717) is 17.4 Å². The largest absolute Gasteiger partial charge is 0.472 e. The molecule has 0 saturated carbocycles. The molecule has 0 rings (SSSR count). The second kappa shape index (κ2) is 33.5. The van der Waals surface area contributed by atoms with Gasteiger partial charge in [0, 0.05) is 6.42 Å². The number of aliphatic hydroxyl groups excluding tert-OH is 1. The zero-order valence-corrected chi connectivity index (χ0v) is 34.0. The molecule has 0 aromatic heterocycles. The molecule has 0 aliphatic heterocycles. The summed E-state index contributed by atoms with van der Waals surface area (Å²) in [5, 5.41) is 13.7. The van der Waals surface area contributed by atoms with E-state index < -0.39 is 20.0 Å². The Balaban J connectivity index is 4.57. The van der Waals surface area contributed by atoms with Crippen LogP contribution in [0.2, 0.25) is 0 Å². The van der Waals surface area contributed by atoms with Crippen molar-refractivity contribution >= 4 is 13.7 Å². The summed E-state index contributed by atoms with van der Waals surface area (Å²) in [4.78, 5) is 23.0. The van der Waals surface area contributed by atoms with Crippen LogP contribution in [0.15, 0.2) is 36.5 Å². The highest BCUT2D eigenvalue weighted by Crippen LogP contribution is 2.43. The van der Waals surface area contributed by atoms with Crippen molar-refractivity contribution in [3.05, 3.63) is 36.5 Å². The molecular weight excluding hydrogens is 647 g/mol. The van der Waals surface area contributed by atoms with E-state index in [9.17, 15) is 19.4 Å². The molecule has 0 aromatic carbocycles. The number of hydrogen-bond donors (Lipinski definition) is 3. The Bertz CT molecular complexity index is 917. The first-order valence-corrected chi connectivity index (χ1v) is 21.9. The Morgan fingerprint density at radius 2 is 1.10 bits per heavy atom. The number of phosphoric acid groups is 1. The molecule has 0 aromatic rings. The van der Waals surface area contributed by atoms with Gasteiger partial charge in [0.2, 0.25) is 5.91 Å². The smallest absolute Gasteiger partial charge is 0.387 e. The van der Waals surface area contributed by atoms with Gasteiger partial charge in [0.25, 0.3) is 0 Å². The number of rotatable bonds is 36. The van der Waals surface area contributed by atoms with Crippen LogP contribution in [0.5, 0.6) is 0 Å². The van der Waals surface area contributed by atoms with Crippen molar-refractivity contribution in [2.45, 2.75) is 180 Å². The van der Waals surface area contributed by atoms with Crippen LogP contribution in [0, 0.1) is 0 Å². The van der Waals surface area contributed by atoms with Crippen LogP contribution in [0.1, 0.15) is 168 Å². The van der Waals surface area contributed by atoms with Gasteiger partial charge in [0.1, 0.15) is 13.2 Å². The average Bonchev–Trinajstić information content (AvgIpc) is 3.06. The number of unbranched alkanes of at least 4 members (excludes halogenated alkanes) is 19. The van der Waals surface area contributed by atoms with E-state index in [2.05, 4.69) is 43.5 Å². The number of aliphatic hydroxyl groups is 1. The number of allylic oxidation sites excluding steroid dienone is 5. The van der Waals surface area contributed by atoms with E-state index in [1.165, 1.54) is 103 Å². The van der Waals surface area contributed by atoms with Crippen LogP contribution in [-0.4, -0.2) is 73.4 Å². The molecule has 0 spiro atoms. The number of phosphoric ester groups is 1. The summed E-state index contributed by atoms with van der Waals surface area (Å²) in [6.45, 7) is 4.75. The lowest BCUT2D eigenvalue weighted by molar-refractivity contribution is -0.870. The van der Waals surface area contributed by atoms with Gasteiger partial charge >= 0.3 is 7.82 Å². The van der Waals surface area contributed by atoms with Gasteiger partial charge in [-0.25, -0.2) is 4.57 Å². The van der Waals surface area contributed by atoms with Gasteiger partial charge in [-0.1, -0.05) is 153 Å². The van der Waals surface area contributed by atoms with Crippen LogP contribution in [0.25, 0.3) is 0 Å². The van der Waals surface area contributed by atoms with Crippen LogP contribution in [0.3, 0.4) is 0 Å². The van der Waals surface area contributed by atoms with E-state index in [1.807, 2.05) is 27.2 Å². The Kier molecular flexibility index (Phi) is 32.7. The molecule has 8 nitrogen and oxygen atoms in total. The number of likely N-dealkylation sites (N-methyl/N-ethyl adjacent to an activating group) is 1. The van der Waals surface area contributed by atoms with Crippen LogP contribution < -0.4 is 5.32 Å². The van der Waals surface area contributed by atoms with Gasteiger partial charge in [-0.05, 0) is 44.9 Å². The fraction of sp³-hybridized carbons (Fsp3) is 0.829. The third-order valence-electron chi connectivity index (χ3n) is 8.84. The van der Waals surface area contributed by atoms with Gasteiger partial charge in [-0.3, -0.25) is 13.8 Å². The van der Waals surface area contributed by atoms with Crippen molar-refractivity contribution in [1.29, 1.82) is 0 Å². The molecule has 3 atom stereocenters. The summed E-state index contributed by atoms with van der Waals surface area (Å²) in [5.41, 5.74) is 0. The molecule has 294 valence electrons. The normalized spacial score (nSPS) is 14.9. The third-order valence-corrected chi connectivity index (χ3v) is 9.82. The van der Waals surface area contributed by atoms with Crippen molar-refractivity contribution in [2.24, 2.45) is 0 Å². The van der Waals surface area contributed by atoms with Crippen molar-refractivity contribution in [3.63, 3.8) is 0 Å². The Morgan fingerprint density at radius 1 is 0.660 bits per heavy atom. The Morgan fingerprint density at radius 3 is 1.60 bits per heavy atom. The summed E-state index contributed by atoms with van der Waals surface area (Å²) in [6, 6.07) is -0.864. The fourth-order valence-corrected chi connectivity index (χ4v) is 6.28. The van der Waals surface area contributed by atoms with E-state index in [1.54, 1.807) is 6.08 Å². The lowest BCUT2D eigenvalue weighted by Crippen LogP contribution is -2.45. The van der Waals surface area contributed by atoms with Gasteiger partial charge in [0.15, 0.2) is 0 Å². The van der Waals surface area contributed by atoms with Crippen molar-refractivity contribution in [2.75, 3.05) is 40.9 Å². The quantitative estimate of drug-likeness (QED) is 0.0257. The van der Waals surface area contributed by atoms with Crippen LogP contribution >= 0.6 is 7.82 Å². The first-order chi connectivity index (χ1) is 24.0. The molecule has 1 amide bonds. The highest BCUT2D eigenvalue weighted by Gasteiger charge is 2.27. The summed E-state index contributed by atoms with van der Waals surface area (Å²) in [7, 11) is 1.54. The maximum atomic E-state index is 12.8. The highest BCUT2D eigenvalue weighted by molar-refractivity contribution is 7.47. The Hall–Kier alpha value is -1.28. The summed E-state index contributed by atoms with van der Waals surface area (Å²) >= 11 is 0. The summed E-state index contributed by atoms with van der Waals surface area (Å²) < 4.78 is 23.4. The first kappa shape index (κ1) is 48.7. The third kappa shape index (κ3) is 35.1. The molecule has 50 heavy (non-hydrogen) atoms. The molecule has 3 unspecified atom stereocenters. The zero-order valence-electron chi connectivity index (χ0n) is 33.1. The zero-order chi connectivity index (χ0) is 37.2. The lowest BCUT2D eigenvalue weighted by Gasteiger charge is -2.25. The topological polar surface area (TPSA) is 105 Å². The predicted molar refractivity (Wildman–Crippen MR) is 212 cm³/mol. The second-order valence-corrected chi connectivity index (χ2v) is 16.5. The van der Waals surface area contributed by atoms with Gasteiger partial charge < -0.3 is 19.8 Å². The second-order valence-electron chi connectivity index (χ2n) is 15.0. The predicted octanol–water partition coefficient (Wildman–Crippen LogP) is 10.7. The molecular formula is C41H80N2O6P+. The van der Waals surface area contributed by atoms with E-state index in [-0.39, 0.29) is 19.1 Å². The molecule has 0 heterocycles. The van der Waals surface area contributed by atoms with Crippen LogP contribution in [-0.2, 0) is 18.4 Å². The number of carbonyl (C=O) groups excluding carboxylic acids is 1. The maximum Gasteiger partial charge on any atom is 0.472 e. The Labute approximate surface area is 308 Å². The van der Waals surface area contributed by atoms with Crippen molar-refractivity contribution in [3.8, 4) is 0 Å². The summed E-state index contributed by atoms with van der Waals surface area (Å²) in [5.74, 6) is -0.194. The molecule has 0 saturated heterocycles. The van der Waals surface area contributed by atoms with Crippen molar-refractivity contribution in [1.82, 2.24) is 5.32 Å². The molecule has 9 heteroatoms. The first-order valence-electron chi connectivity index (χ1n) is 20.4. The van der Waals surface area contributed by atoms with Crippen molar-refractivity contribution < 1.29 is 32.9 Å². The average molecular weight is 728 g/mol. The standard InChI is InChI=1S/C41H79N2O6P/c1-6-8-10-12-14-16-18-19-20-21-22-23-25-26-28-30-32-34-40(44)39(38-49-50(46,47)48-37-36-43(3,4)5)42-41(45)35-33-31-29-27-24-17-15-13-11-9-7-2/h20-21,25-26,32,34,39-40,44H,6-19,22-24,27-31,33,35-38H2,1-5H3,(H-,42,45,46,47)/p+1/b21-20+,26-25+,34-32+. The van der Waals surface area contributed by atoms with Crippen LogP contribution in [0.4, 0.5) is 0 Å². The SMILES string of the molecule is CCCCCCCCC/C=C/CC/C=C/CC/C=C/C(O)C(COP(=O)(O)OCC[N+](C)(C)C)NC(=O)CCCCCCCCCCCCC. The van der Waals surface area contributed by atoms with E-state index in [0.717, 1.165) is 44.9 Å². The number of carbonyl (C=O) groups is 1. The number of nitrogens with zero attached hydrogens (tertiary/aromatic N) is 1. The highest BCUT2D eigenvalue weighted by atomic mass is 31.2. The van der Waals surface area contributed by atoms with Gasteiger partial charge in [0.05, 0.1) is 39.9 Å². The molecule has 0 radical (unpaired) electrons. The molecule has 0 fully saturated rings. The fourth-order valence-electron chi connectivity index (χ4n) is 5.54.